The Balaban J connectivity index is 1.32. The molecular weight excluding hydrogens is 475 g/mol. The summed E-state index contributed by atoms with van der Waals surface area (Å²) in [6.07, 6.45) is 3.79. The Bertz CT molecular complexity index is 1180. The lowest BCUT2D eigenvalue weighted by Crippen LogP contribution is -2.46. The van der Waals surface area contributed by atoms with Crippen LogP contribution in [-0.4, -0.2) is 48.8 Å². The zero-order valence-electron chi connectivity index (χ0n) is 18.6. The van der Waals surface area contributed by atoms with E-state index in [1.807, 2.05) is 36.2 Å². The first kappa shape index (κ1) is 22.7. The van der Waals surface area contributed by atoms with Gasteiger partial charge in [-0.3, -0.25) is 9.69 Å². The predicted molar refractivity (Wildman–Crippen MR) is 135 cm³/mol. The molecule has 8 nitrogen and oxygen atoms in total. The molecule has 2 aliphatic heterocycles. The van der Waals surface area contributed by atoms with E-state index in [9.17, 15) is 4.79 Å². The Labute approximate surface area is 207 Å². The number of fused-ring (bicyclic) bond motifs is 1. The van der Waals surface area contributed by atoms with Crippen LogP contribution >= 0.6 is 23.2 Å². The molecule has 2 aliphatic rings. The van der Waals surface area contributed by atoms with Gasteiger partial charge >= 0.3 is 0 Å². The van der Waals surface area contributed by atoms with E-state index in [0.29, 0.717) is 33.1 Å². The summed E-state index contributed by atoms with van der Waals surface area (Å²) in [6, 6.07) is 12.9. The molecule has 1 saturated heterocycles. The van der Waals surface area contributed by atoms with Gasteiger partial charge in [0.1, 0.15) is 23.2 Å². The smallest absolute Gasteiger partial charge is 0.265 e. The van der Waals surface area contributed by atoms with Gasteiger partial charge in [0.15, 0.2) is 0 Å². The Morgan fingerprint density at radius 2 is 1.79 bits per heavy atom. The summed E-state index contributed by atoms with van der Waals surface area (Å²) in [5, 5.41) is 7.35. The Kier molecular flexibility index (Phi) is 6.45. The molecule has 0 radical (unpaired) electrons. The van der Waals surface area contributed by atoms with Gasteiger partial charge in [-0.2, -0.15) is 4.98 Å². The van der Waals surface area contributed by atoms with Crippen LogP contribution in [0.25, 0.3) is 0 Å². The van der Waals surface area contributed by atoms with Gasteiger partial charge in [0.2, 0.25) is 5.95 Å². The first-order valence-corrected chi connectivity index (χ1v) is 11.8. The maximum absolute atomic E-state index is 13.2. The normalized spacial score (nSPS) is 16.4. The largest absolute Gasteiger partial charge is 0.490 e. The number of halogens is 2. The fraction of sp³-hybridized carbons (Fsp3) is 0.292. The van der Waals surface area contributed by atoms with Crippen LogP contribution in [0, 0.1) is 0 Å². The summed E-state index contributed by atoms with van der Waals surface area (Å²) < 4.78 is 6.06. The molecule has 5 rings (SSSR count). The molecule has 0 saturated carbocycles. The molecule has 2 N–H and O–H groups in total. The molecule has 0 atom stereocenters. The van der Waals surface area contributed by atoms with Crippen LogP contribution in [0.5, 0.6) is 5.75 Å². The molecule has 34 heavy (non-hydrogen) atoms. The zero-order valence-corrected chi connectivity index (χ0v) is 20.1. The van der Waals surface area contributed by atoms with E-state index >= 15 is 0 Å². The van der Waals surface area contributed by atoms with Crippen LogP contribution < -0.4 is 25.2 Å². The molecule has 10 heteroatoms. The molecule has 0 bridgehead atoms. The van der Waals surface area contributed by atoms with E-state index in [4.69, 9.17) is 27.9 Å². The SMILES string of the molecule is CN1CN(c2c(Cl)cccc2Cl)C(=O)c2cnc(Nc3ccc(OC4CCNCC4)cc3)nc21. The highest BCUT2D eigenvalue weighted by Crippen LogP contribution is 2.37. The van der Waals surface area contributed by atoms with Crippen molar-refractivity contribution in [3.63, 3.8) is 0 Å². The molecule has 0 unspecified atom stereocenters. The molecule has 3 aromatic rings. The topological polar surface area (TPSA) is 82.6 Å². The highest BCUT2D eigenvalue weighted by molar-refractivity contribution is 6.40. The molecule has 0 aliphatic carbocycles. The lowest BCUT2D eigenvalue weighted by Gasteiger charge is -2.35. The van der Waals surface area contributed by atoms with Gasteiger partial charge in [-0.15, -0.1) is 0 Å². The van der Waals surface area contributed by atoms with Gasteiger partial charge in [-0.05, 0) is 62.3 Å². The number of nitrogens with zero attached hydrogens (tertiary/aromatic N) is 4. The summed E-state index contributed by atoms with van der Waals surface area (Å²) in [5.74, 6) is 1.52. The molecule has 1 amide bonds. The predicted octanol–water partition coefficient (Wildman–Crippen LogP) is 4.71. The number of para-hydroxylation sites is 1. The molecule has 0 spiro atoms. The van der Waals surface area contributed by atoms with Crippen molar-refractivity contribution < 1.29 is 9.53 Å². The lowest BCUT2D eigenvalue weighted by atomic mass is 10.1. The molecule has 176 valence electrons. The number of anilines is 4. The second kappa shape index (κ2) is 9.66. The Morgan fingerprint density at radius 1 is 1.09 bits per heavy atom. The van der Waals surface area contributed by atoms with Crippen molar-refractivity contribution >= 4 is 52.3 Å². The van der Waals surface area contributed by atoms with Crippen molar-refractivity contribution in [2.24, 2.45) is 0 Å². The summed E-state index contributed by atoms with van der Waals surface area (Å²) in [6.45, 7) is 2.23. The highest BCUT2D eigenvalue weighted by Gasteiger charge is 2.32. The maximum atomic E-state index is 13.2. The molecule has 1 fully saturated rings. The van der Waals surface area contributed by atoms with Crippen molar-refractivity contribution in [1.29, 1.82) is 0 Å². The first-order chi connectivity index (χ1) is 16.5. The summed E-state index contributed by atoms with van der Waals surface area (Å²) in [4.78, 5) is 25.5. The number of rotatable bonds is 5. The van der Waals surface area contributed by atoms with Crippen LogP contribution in [0.15, 0.2) is 48.7 Å². The number of hydrogen-bond acceptors (Lipinski definition) is 7. The van der Waals surface area contributed by atoms with Gasteiger partial charge in [-0.25, -0.2) is 4.98 Å². The number of piperidine rings is 1. The standard InChI is InChI=1S/C24H24Cl2N6O2/c1-31-14-32(21-19(25)3-2-4-20(21)26)23(33)18-13-28-24(30-22(18)31)29-15-5-7-16(8-6-15)34-17-9-11-27-12-10-17/h2-8,13,17,27H,9-12,14H2,1H3,(H,28,29,30). The number of carbonyl (C=O) groups is 1. The first-order valence-electron chi connectivity index (χ1n) is 11.1. The van der Waals surface area contributed by atoms with Crippen molar-refractivity contribution in [2.75, 3.05) is 41.9 Å². The average Bonchev–Trinajstić information content (AvgIpc) is 2.84. The third kappa shape index (κ3) is 4.61. The van der Waals surface area contributed by atoms with Crippen LogP contribution in [0.1, 0.15) is 23.2 Å². The molecule has 3 heterocycles. The number of carbonyl (C=O) groups excluding carboxylic acids is 1. The number of aromatic nitrogens is 2. The fourth-order valence-corrected chi connectivity index (χ4v) is 4.74. The van der Waals surface area contributed by atoms with Crippen LogP contribution in [-0.2, 0) is 0 Å². The van der Waals surface area contributed by atoms with E-state index in [-0.39, 0.29) is 18.7 Å². The van der Waals surface area contributed by atoms with Crippen molar-refractivity contribution in [2.45, 2.75) is 18.9 Å². The van der Waals surface area contributed by atoms with Gasteiger partial charge in [0.25, 0.3) is 5.91 Å². The Morgan fingerprint density at radius 3 is 2.50 bits per heavy atom. The van der Waals surface area contributed by atoms with Gasteiger partial charge in [0, 0.05) is 18.9 Å². The quantitative estimate of drug-likeness (QED) is 0.526. The number of hydrogen-bond donors (Lipinski definition) is 2. The fourth-order valence-electron chi connectivity index (χ4n) is 4.13. The van der Waals surface area contributed by atoms with E-state index in [2.05, 4.69) is 20.6 Å². The number of nitrogens with one attached hydrogen (secondary N) is 2. The van der Waals surface area contributed by atoms with E-state index in [0.717, 1.165) is 37.4 Å². The summed E-state index contributed by atoms with van der Waals surface area (Å²) in [5.41, 5.74) is 1.68. The molecule has 1 aromatic heterocycles. The monoisotopic (exact) mass is 498 g/mol. The van der Waals surface area contributed by atoms with Gasteiger partial charge < -0.3 is 20.3 Å². The van der Waals surface area contributed by atoms with E-state index < -0.39 is 0 Å². The minimum atomic E-state index is -0.255. The van der Waals surface area contributed by atoms with Gasteiger partial charge in [-0.1, -0.05) is 29.3 Å². The van der Waals surface area contributed by atoms with E-state index in [1.165, 1.54) is 11.1 Å². The molecular formula is C24H24Cl2N6O2. The third-order valence-corrected chi connectivity index (χ3v) is 6.48. The average molecular weight is 499 g/mol. The minimum Gasteiger partial charge on any atom is -0.490 e. The maximum Gasteiger partial charge on any atom is 0.265 e. The lowest BCUT2D eigenvalue weighted by molar-refractivity contribution is 0.0982. The van der Waals surface area contributed by atoms with Crippen molar-refractivity contribution in [3.05, 3.63) is 64.3 Å². The van der Waals surface area contributed by atoms with E-state index in [1.54, 1.807) is 18.2 Å². The second-order valence-corrected chi connectivity index (χ2v) is 9.10. The zero-order chi connectivity index (χ0) is 23.7. The number of benzene rings is 2. The minimum absolute atomic E-state index is 0.248. The number of amides is 1. The summed E-state index contributed by atoms with van der Waals surface area (Å²) >= 11 is 12.7. The number of ether oxygens (including phenoxy) is 1. The van der Waals surface area contributed by atoms with Gasteiger partial charge in [0.05, 0.1) is 22.4 Å². The van der Waals surface area contributed by atoms with Crippen LogP contribution in [0.4, 0.5) is 23.1 Å². The second-order valence-electron chi connectivity index (χ2n) is 8.29. The van der Waals surface area contributed by atoms with Crippen molar-refractivity contribution in [3.8, 4) is 5.75 Å². The Hall–Kier alpha value is -3.07. The summed E-state index contributed by atoms with van der Waals surface area (Å²) in [7, 11) is 1.85. The van der Waals surface area contributed by atoms with Crippen LogP contribution in [0.2, 0.25) is 10.0 Å². The third-order valence-electron chi connectivity index (χ3n) is 5.87. The highest BCUT2D eigenvalue weighted by atomic mass is 35.5. The molecule has 2 aromatic carbocycles. The van der Waals surface area contributed by atoms with Crippen molar-refractivity contribution in [1.82, 2.24) is 15.3 Å². The van der Waals surface area contributed by atoms with Crippen LogP contribution in [0.3, 0.4) is 0 Å².